The van der Waals surface area contributed by atoms with Gasteiger partial charge in [-0.2, -0.15) is 5.26 Å². The number of anilines is 3. The number of nitrogens with two attached hydrogens (primary N) is 1. The fourth-order valence-electron chi connectivity index (χ4n) is 2.90. The topological polar surface area (TPSA) is 85.4 Å². The van der Waals surface area contributed by atoms with Gasteiger partial charge in [0.25, 0.3) is 5.91 Å². The summed E-state index contributed by atoms with van der Waals surface area (Å²) in [5.74, 6) is -0.619. The van der Waals surface area contributed by atoms with Crippen LogP contribution in [0.3, 0.4) is 0 Å². The summed E-state index contributed by atoms with van der Waals surface area (Å²) in [5, 5.41) is 12.7. The molecule has 2 aromatic carbocycles. The number of rotatable bonds is 4. The number of benzene rings is 2. The third kappa shape index (κ3) is 4.53. The molecule has 3 rings (SSSR count). The highest BCUT2D eigenvalue weighted by Gasteiger charge is 2.23. The number of nitrogens with one attached hydrogen (secondary N) is 1. The first-order valence-corrected chi connectivity index (χ1v) is 9.07. The van der Waals surface area contributed by atoms with E-state index in [1.54, 1.807) is 35.2 Å². The van der Waals surface area contributed by atoms with Crippen LogP contribution in [0.1, 0.15) is 0 Å². The molecular formula is C20H19ClFN5O. The molecule has 0 unspecified atom stereocenters. The van der Waals surface area contributed by atoms with Crippen LogP contribution < -0.4 is 16.0 Å². The summed E-state index contributed by atoms with van der Waals surface area (Å²) in [7, 11) is 0. The summed E-state index contributed by atoms with van der Waals surface area (Å²) in [4.78, 5) is 16.3. The molecular weight excluding hydrogens is 381 g/mol. The molecule has 1 aliphatic heterocycles. The summed E-state index contributed by atoms with van der Waals surface area (Å²) in [6, 6.07) is 13.2. The lowest BCUT2D eigenvalue weighted by molar-refractivity contribution is -0.127. The van der Waals surface area contributed by atoms with Crippen LogP contribution in [0.5, 0.6) is 0 Å². The average Bonchev–Trinajstić information content (AvgIpc) is 2.71. The van der Waals surface area contributed by atoms with Crippen molar-refractivity contribution in [3.05, 3.63) is 65.1 Å². The van der Waals surface area contributed by atoms with Gasteiger partial charge in [-0.1, -0.05) is 11.6 Å². The van der Waals surface area contributed by atoms with Crippen LogP contribution in [0.25, 0.3) is 0 Å². The minimum Gasteiger partial charge on any atom is -0.398 e. The Bertz CT molecular complexity index is 931. The summed E-state index contributed by atoms with van der Waals surface area (Å²) in [5.41, 5.74) is 7.65. The molecule has 0 saturated carbocycles. The quantitative estimate of drug-likeness (QED) is 0.468. The molecule has 1 aliphatic rings. The number of nitrogen functional groups attached to an aromatic ring is 1. The predicted molar refractivity (Wildman–Crippen MR) is 108 cm³/mol. The van der Waals surface area contributed by atoms with Crippen molar-refractivity contribution in [1.82, 2.24) is 4.90 Å². The number of carbonyl (C=O) groups is 1. The Hall–Kier alpha value is -3.24. The average molecular weight is 400 g/mol. The van der Waals surface area contributed by atoms with E-state index in [1.807, 2.05) is 6.07 Å². The van der Waals surface area contributed by atoms with E-state index in [0.29, 0.717) is 42.6 Å². The molecule has 3 N–H and O–H groups in total. The van der Waals surface area contributed by atoms with E-state index in [0.717, 1.165) is 5.69 Å². The van der Waals surface area contributed by atoms with Gasteiger partial charge in [0.1, 0.15) is 17.5 Å². The maximum Gasteiger partial charge on any atom is 0.266 e. The van der Waals surface area contributed by atoms with Crippen molar-refractivity contribution >= 4 is 34.6 Å². The van der Waals surface area contributed by atoms with Crippen LogP contribution in [0.2, 0.25) is 5.02 Å². The van der Waals surface area contributed by atoms with Crippen molar-refractivity contribution in [3.63, 3.8) is 0 Å². The smallest absolute Gasteiger partial charge is 0.266 e. The van der Waals surface area contributed by atoms with Gasteiger partial charge in [-0.15, -0.1) is 0 Å². The first-order valence-electron chi connectivity index (χ1n) is 8.69. The molecule has 0 bridgehead atoms. The van der Waals surface area contributed by atoms with Gasteiger partial charge >= 0.3 is 0 Å². The van der Waals surface area contributed by atoms with E-state index in [1.165, 1.54) is 18.3 Å². The van der Waals surface area contributed by atoms with E-state index in [-0.39, 0.29) is 17.3 Å². The lowest BCUT2D eigenvalue weighted by Crippen LogP contribution is -2.49. The molecule has 0 aliphatic carbocycles. The zero-order chi connectivity index (χ0) is 20.1. The van der Waals surface area contributed by atoms with E-state index >= 15 is 0 Å². The van der Waals surface area contributed by atoms with Gasteiger partial charge in [0, 0.05) is 43.8 Å². The number of halogens is 2. The molecule has 0 atom stereocenters. The van der Waals surface area contributed by atoms with E-state index in [2.05, 4.69) is 10.2 Å². The highest BCUT2D eigenvalue weighted by Crippen LogP contribution is 2.23. The fourth-order valence-corrected chi connectivity index (χ4v) is 3.08. The van der Waals surface area contributed by atoms with Gasteiger partial charge in [0.15, 0.2) is 0 Å². The van der Waals surface area contributed by atoms with Gasteiger partial charge in [0.2, 0.25) is 0 Å². The Balaban J connectivity index is 1.61. The maximum atomic E-state index is 13.1. The van der Waals surface area contributed by atoms with Gasteiger partial charge in [-0.05, 0) is 42.5 Å². The van der Waals surface area contributed by atoms with Crippen molar-refractivity contribution in [1.29, 1.82) is 5.26 Å². The zero-order valence-corrected chi connectivity index (χ0v) is 15.8. The third-order valence-corrected chi connectivity index (χ3v) is 4.82. The molecule has 1 saturated heterocycles. The van der Waals surface area contributed by atoms with Gasteiger partial charge in [0.05, 0.1) is 10.7 Å². The molecule has 1 amide bonds. The molecule has 0 radical (unpaired) electrons. The van der Waals surface area contributed by atoms with Crippen LogP contribution in [-0.4, -0.2) is 37.0 Å². The van der Waals surface area contributed by atoms with Crippen LogP contribution in [0.15, 0.2) is 54.2 Å². The molecule has 28 heavy (non-hydrogen) atoms. The van der Waals surface area contributed by atoms with Gasteiger partial charge < -0.3 is 20.9 Å². The Morgan fingerprint density at radius 1 is 1.18 bits per heavy atom. The van der Waals surface area contributed by atoms with Crippen LogP contribution in [-0.2, 0) is 4.79 Å². The normalized spacial score (nSPS) is 14.5. The first kappa shape index (κ1) is 19.5. The van der Waals surface area contributed by atoms with Crippen molar-refractivity contribution in [2.75, 3.05) is 42.1 Å². The van der Waals surface area contributed by atoms with Crippen LogP contribution in [0, 0.1) is 17.1 Å². The molecule has 1 heterocycles. The summed E-state index contributed by atoms with van der Waals surface area (Å²) >= 11 is 5.97. The minimum atomic E-state index is -0.338. The molecule has 144 valence electrons. The number of hydrogen-bond donors (Lipinski definition) is 2. The lowest BCUT2D eigenvalue weighted by Gasteiger charge is -2.36. The Morgan fingerprint density at radius 3 is 2.46 bits per heavy atom. The molecule has 1 fully saturated rings. The second-order valence-electron chi connectivity index (χ2n) is 6.31. The largest absolute Gasteiger partial charge is 0.398 e. The highest BCUT2D eigenvalue weighted by molar-refractivity contribution is 6.33. The van der Waals surface area contributed by atoms with Crippen molar-refractivity contribution in [2.24, 2.45) is 0 Å². The molecule has 6 nitrogen and oxygen atoms in total. The van der Waals surface area contributed by atoms with Crippen LogP contribution >= 0.6 is 11.6 Å². The highest BCUT2D eigenvalue weighted by atomic mass is 35.5. The summed E-state index contributed by atoms with van der Waals surface area (Å²) in [6.45, 7) is 2.17. The molecule has 2 aromatic rings. The SMILES string of the molecule is N#C/C(=C/Nc1ccc(N)c(Cl)c1)C(=O)N1CCN(c2ccc(F)cc2)CC1. The Morgan fingerprint density at radius 2 is 1.86 bits per heavy atom. The third-order valence-electron chi connectivity index (χ3n) is 4.49. The maximum absolute atomic E-state index is 13.1. The second kappa shape index (κ2) is 8.63. The number of piperazine rings is 1. The fraction of sp³-hybridized carbons (Fsp3) is 0.200. The number of nitrogens with zero attached hydrogens (tertiary/aromatic N) is 3. The van der Waals surface area contributed by atoms with E-state index in [4.69, 9.17) is 17.3 Å². The van der Waals surface area contributed by atoms with E-state index in [9.17, 15) is 14.4 Å². The molecule has 0 spiro atoms. The number of nitriles is 1. The number of hydrogen-bond acceptors (Lipinski definition) is 5. The monoisotopic (exact) mass is 399 g/mol. The minimum absolute atomic E-state index is 0.00294. The molecule has 8 heteroatoms. The summed E-state index contributed by atoms with van der Waals surface area (Å²) in [6.07, 6.45) is 1.37. The molecule has 0 aromatic heterocycles. The van der Waals surface area contributed by atoms with Crippen LogP contribution in [0.4, 0.5) is 21.5 Å². The predicted octanol–water partition coefficient (Wildman–Crippen LogP) is 3.23. The first-order chi connectivity index (χ1) is 13.5. The van der Waals surface area contributed by atoms with E-state index < -0.39 is 0 Å². The van der Waals surface area contributed by atoms with Crippen molar-refractivity contribution < 1.29 is 9.18 Å². The number of amides is 1. The van der Waals surface area contributed by atoms with Gasteiger partial charge in [-0.25, -0.2) is 4.39 Å². The Labute approximate surface area is 167 Å². The zero-order valence-electron chi connectivity index (χ0n) is 15.0. The van der Waals surface area contributed by atoms with Crippen molar-refractivity contribution in [3.8, 4) is 6.07 Å². The summed E-state index contributed by atoms with van der Waals surface area (Å²) < 4.78 is 13.1. The van der Waals surface area contributed by atoms with Gasteiger partial charge in [-0.3, -0.25) is 4.79 Å². The standard InChI is InChI=1S/C20H19ClFN5O/c21-18-11-16(3-6-19(18)24)25-13-14(12-23)20(28)27-9-7-26(8-10-27)17-4-1-15(22)2-5-17/h1-6,11,13,25H,7-10,24H2/b14-13-. The number of carbonyl (C=O) groups excluding carboxylic acids is 1. The second-order valence-corrected chi connectivity index (χ2v) is 6.71. The Kier molecular flexibility index (Phi) is 6.02. The lowest BCUT2D eigenvalue weighted by atomic mass is 10.2. The van der Waals surface area contributed by atoms with Crippen molar-refractivity contribution in [2.45, 2.75) is 0 Å².